The number of ether oxygens (including phenoxy) is 4. The van der Waals surface area contributed by atoms with Crippen molar-refractivity contribution in [1.82, 2.24) is 15.6 Å². The van der Waals surface area contributed by atoms with Crippen molar-refractivity contribution in [2.75, 3.05) is 13.7 Å². The third-order valence-electron chi connectivity index (χ3n) is 6.50. The zero-order chi connectivity index (χ0) is 32.9. The fraction of sp³-hybridized carbons (Fsp3) is 0.419. The topological polar surface area (TPSA) is 138 Å². The monoisotopic (exact) mass is 633 g/mol. The van der Waals surface area contributed by atoms with Crippen molar-refractivity contribution >= 4 is 18.0 Å². The number of oxazole rings is 1. The molecule has 4 rings (SSSR count). The molecule has 0 bridgehead atoms. The van der Waals surface area contributed by atoms with Crippen LogP contribution in [0.2, 0.25) is 0 Å². The number of rotatable bonds is 12. The first-order valence-electron chi connectivity index (χ1n) is 14.1. The van der Waals surface area contributed by atoms with E-state index in [0.29, 0.717) is 18.1 Å². The summed E-state index contributed by atoms with van der Waals surface area (Å²) in [5, 5.41) is 5.20. The van der Waals surface area contributed by atoms with Crippen LogP contribution in [-0.2, 0) is 16.0 Å². The molecule has 0 radical (unpaired) electrons. The van der Waals surface area contributed by atoms with Gasteiger partial charge in [0.1, 0.15) is 17.1 Å². The molecule has 1 atom stereocenters. The Hall–Kier alpha value is -4.75. The number of nitrogens with zero attached hydrogens (tertiary/aromatic N) is 1. The van der Waals surface area contributed by atoms with Gasteiger partial charge in [-0.15, -0.1) is 0 Å². The lowest BCUT2D eigenvalue weighted by Crippen LogP contribution is -2.34. The Labute approximate surface area is 257 Å². The van der Waals surface area contributed by atoms with E-state index < -0.39 is 53.2 Å². The molecule has 1 fully saturated rings. The van der Waals surface area contributed by atoms with Crippen LogP contribution in [0.4, 0.5) is 18.0 Å². The summed E-state index contributed by atoms with van der Waals surface area (Å²) in [5.74, 6) is -2.48. The van der Waals surface area contributed by atoms with Gasteiger partial charge in [0.15, 0.2) is 17.3 Å². The summed E-state index contributed by atoms with van der Waals surface area (Å²) in [4.78, 5) is 41.8. The highest BCUT2D eigenvalue weighted by molar-refractivity contribution is 5.98. The molecule has 1 aliphatic carbocycles. The van der Waals surface area contributed by atoms with Crippen LogP contribution in [-0.4, -0.2) is 48.9 Å². The number of alkyl carbamates (subject to hydrolysis) is 1. The van der Waals surface area contributed by atoms with Gasteiger partial charge >= 0.3 is 18.7 Å². The lowest BCUT2D eigenvalue weighted by molar-refractivity contribution is -0.0515. The first-order chi connectivity index (χ1) is 21.3. The molecule has 2 aromatic carbocycles. The minimum atomic E-state index is -3.07. The quantitative estimate of drug-likeness (QED) is 0.224. The number of methoxy groups -OCH3 is 1. The van der Waals surface area contributed by atoms with Gasteiger partial charge in [-0.2, -0.15) is 8.78 Å². The lowest BCUT2D eigenvalue weighted by atomic mass is 10.1. The minimum Gasteiger partial charge on any atom is -0.489 e. The Morgan fingerprint density at radius 2 is 1.80 bits per heavy atom. The molecule has 2 amide bonds. The van der Waals surface area contributed by atoms with Gasteiger partial charge in [-0.3, -0.25) is 4.79 Å². The van der Waals surface area contributed by atoms with Gasteiger partial charge in [-0.25, -0.2) is 19.0 Å². The maximum Gasteiger partial charge on any atom is 0.408 e. The number of aromatic nitrogens is 1. The van der Waals surface area contributed by atoms with Crippen LogP contribution in [0, 0.1) is 11.7 Å². The predicted octanol–water partition coefficient (Wildman–Crippen LogP) is 6.17. The minimum absolute atomic E-state index is 0.0193. The summed E-state index contributed by atoms with van der Waals surface area (Å²) in [6, 6.07) is 7.08. The highest BCUT2D eigenvalue weighted by Gasteiger charge is 2.27. The highest BCUT2D eigenvalue weighted by atomic mass is 19.3. The van der Waals surface area contributed by atoms with E-state index in [1.54, 1.807) is 27.7 Å². The molecule has 0 unspecified atom stereocenters. The van der Waals surface area contributed by atoms with Crippen molar-refractivity contribution in [3.8, 4) is 23.0 Å². The second-order valence-corrected chi connectivity index (χ2v) is 11.3. The van der Waals surface area contributed by atoms with Crippen LogP contribution in [0.15, 0.2) is 40.8 Å². The van der Waals surface area contributed by atoms with E-state index in [1.165, 1.54) is 36.4 Å². The Kier molecular flexibility index (Phi) is 10.2. The highest BCUT2D eigenvalue weighted by Crippen LogP contribution is 2.37. The number of nitrogens with one attached hydrogen (secondary N) is 2. The third-order valence-corrected chi connectivity index (χ3v) is 6.50. The van der Waals surface area contributed by atoms with E-state index in [1.807, 2.05) is 0 Å². The number of alkyl halides is 2. The number of carbonyl (C=O) groups is 3. The third kappa shape index (κ3) is 8.89. The Bertz CT molecular complexity index is 1550. The van der Waals surface area contributed by atoms with E-state index in [2.05, 4.69) is 25.1 Å². The van der Waals surface area contributed by atoms with Crippen molar-refractivity contribution in [3.05, 3.63) is 64.8 Å². The smallest absolute Gasteiger partial charge is 0.408 e. The number of hydrogen-bond acceptors (Lipinski definition) is 9. The molecule has 11 nitrogen and oxygen atoms in total. The van der Waals surface area contributed by atoms with E-state index in [9.17, 15) is 27.6 Å². The van der Waals surface area contributed by atoms with Crippen LogP contribution >= 0.6 is 0 Å². The average Bonchev–Trinajstić information content (AvgIpc) is 3.70. The molecule has 1 aliphatic rings. The van der Waals surface area contributed by atoms with Crippen molar-refractivity contribution in [1.29, 1.82) is 0 Å². The number of halogens is 3. The summed E-state index contributed by atoms with van der Waals surface area (Å²) in [5.41, 5.74) is -1.10. The molecule has 3 aromatic rings. The molecule has 45 heavy (non-hydrogen) atoms. The Morgan fingerprint density at radius 3 is 2.44 bits per heavy atom. The molecule has 1 heterocycles. The zero-order valence-corrected chi connectivity index (χ0v) is 25.4. The van der Waals surface area contributed by atoms with Crippen molar-refractivity contribution in [2.45, 2.75) is 65.3 Å². The van der Waals surface area contributed by atoms with Crippen LogP contribution in [0.1, 0.15) is 78.7 Å². The second-order valence-electron chi connectivity index (χ2n) is 11.3. The molecule has 2 N–H and O–H groups in total. The summed E-state index contributed by atoms with van der Waals surface area (Å²) in [6.07, 6.45) is 1.21. The Balaban J connectivity index is 1.64. The largest absolute Gasteiger partial charge is 0.489 e. The Morgan fingerprint density at radius 1 is 1.09 bits per heavy atom. The van der Waals surface area contributed by atoms with Crippen LogP contribution < -0.4 is 20.1 Å². The van der Waals surface area contributed by atoms with Gasteiger partial charge in [0, 0.05) is 5.56 Å². The van der Waals surface area contributed by atoms with Gasteiger partial charge < -0.3 is 34.0 Å². The number of benzene rings is 2. The van der Waals surface area contributed by atoms with Crippen LogP contribution in [0.25, 0.3) is 11.5 Å². The summed E-state index contributed by atoms with van der Waals surface area (Å²) < 4.78 is 67.3. The molecule has 0 aliphatic heterocycles. The fourth-order valence-corrected chi connectivity index (χ4v) is 4.18. The standard InChI is InChI=1S/C31H34F3N3O8/c1-16(36-30(40)45-31(2,3)4)25-21(14-35-26(38)19-7-6-8-20(24(19)32)28(39)41-5)37-27(44-25)18-11-12-22(43-29(33)34)23(13-18)42-15-17-9-10-17/h6-8,11-13,16-17,29H,9-10,14-15H2,1-5H3,(H,35,38)(H,36,40)/t16-/m0/s1. The number of hydrogen-bond donors (Lipinski definition) is 2. The molecule has 14 heteroatoms. The first-order valence-corrected chi connectivity index (χ1v) is 14.1. The molecular formula is C31H34F3N3O8. The van der Waals surface area contributed by atoms with Gasteiger partial charge in [0.05, 0.1) is 37.4 Å². The summed E-state index contributed by atoms with van der Waals surface area (Å²) in [7, 11) is 1.09. The van der Waals surface area contributed by atoms with E-state index in [-0.39, 0.29) is 35.4 Å². The van der Waals surface area contributed by atoms with Crippen molar-refractivity contribution in [2.24, 2.45) is 5.92 Å². The zero-order valence-electron chi connectivity index (χ0n) is 25.4. The van der Waals surface area contributed by atoms with Crippen molar-refractivity contribution < 1.29 is 50.9 Å². The van der Waals surface area contributed by atoms with E-state index in [0.717, 1.165) is 20.0 Å². The summed E-state index contributed by atoms with van der Waals surface area (Å²) in [6.45, 7) is 3.67. The first kappa shape index (κ1) is 33.1. The molecule has 1 aromatic heterocycles. The van der Waals surface area contributed by atoms with Gasteiger partial charge in [0.2, 0.25) is 5.89 Å². The van der Waals surface area contributed by atoms with Gasteiger partial charge in [-0.1, -0.05) is 6.07 Å². The molecule has 242 valence electrons. The molecule has 0 spiro atoms. The number of carbonyl (C=O) groups excluding carboxylic acids is 3. The average molecular weight is 634 g/mol. The number of esters is 1. The second kappa shape index (κ2) is 13.9. The normalized spacial score (nSPS) is 13.6. The van der Waals surface area contributed by atoms with Crippen molar-refractivity contribution in [3.63, 3.8) is 0 Å². The molecule has 1 saturated carbocycles. The van der Waals surface area contributed by atoms with E-state index in [4.69, 9.17) is 13.9 Å². The molecule has 0 saturated heterocycles. The fourth-order valence-electron chi connectivity index (χ4n) is 4.18. The maximum atomic E-state index is 14.9. The predicted molar refractivity (Wildman–Crippen MR) is 153 cm³/mol. The van der Waals surface area contributed by atoms with E-state index >= 15 is 0 Å². The van der Waals surface area contributed by atoms with Crippen LogP contribution in [0.5, 0.6) is 11.5 Å². The van der Waals surface area contributed by atoms with Crippen LogP contribution in [0.3, 0.4) is 0 Å². The summed E-state index contributed by atoms with van der Waals surface area (Å²) >= 11 is 0. The maximum absolute atomic E-state index is 14.9. The lowest BCUT2D eigenvalue weighted by Gasteiger charge is -2.21. The number of amides is 2. The van der Waals surface area contributed by atoms with Gasteiger partial charge in [0.25, 0.3) is 5.91 Å². The van der Waals surface area contributed by atoms with Gasteiger partial charge in [-0.05, 0) is 76.8 Å². The SMILES string of the molecule is COC(=O)c1cccc(C(=O)NCc2nc(-c3ccc(OC(F)F)c(OCC4CC4)c3)oc2[C@H](C)NC(=O)OC(C)(C)C)c1F. The molecular weight excluding hydrogens is 599 g/mol.